The van der Waals surface area contributed by atoms with Crippen LogP contribution in [0.15, 0.2) is 6.33 Å². The van der Waals surface area contributed by atoms with E-state index in [1.165, 1.54) is 17.7 Å². The molecule has 0 spiro atoms. The van der Waals surface area contributed by atoms with E-state index in [4.69, 9.17) is 11.6 Å². The minimum atomic E-state index is 0.395. The van der Waals surface area contributed by atoms with Crippen LogP contribution in [0.2, 0.25) is 0 Å². The van der Waals surface area contributed by atoms with Gasteiger partial charge in [-0.1, -0.05) is 13.8 Å². The number of aromatic nitrogens is 2. The van der Waals surface area contributed by atoms with Crippen molar-refractivity contribution in [2.24, 2.45) is 5.92 Å². The molecule has 1 heterocycles. The highest BCUT2D eigenvalue weighted by Gasteiger charge is 2.20. The van der Waals surface area contributed by atoms with Crippen molar-refractivity contribution in [1.82, 2.24) is 9.97 Å². The van der Waals surface area contributed by atoms with Crippen LogP contribution in [-0.2, 0) is 12.8 Å². The van der Waals surface area contributed by atoms with Crippen molar-refractivity contribution in [3.63, 3.8) is 0 Å². The molecule has 1 aromatic rings. The molecule has 3 nitrogen and oxygen atoms in total. The second-order valence-electron chi connectivity index (χ2n) is 4.97. The number of hydrogen-bond donors (Lipinski definition) is 1. The average Bonchev–Trinajstić information content (AvgIpc) is 2.77. The first-order valence-corrected chi connectivity index (χ1v) is 6.91. The summed E-state index contributed by atoms with van der Waals surface area (Å²) >= 11 is 5.85. The predicted molar refractivity (Wildman–Crippen MR) is 71.6 cm³/mol. The van der Waals surface area contributed by atoms with E-state index < -0.39 is 0 Å². The van der Waals surface area contributed by atoms with Gasteiger partial charge in [0.05, 0.1) is 0 Å². The largest absolute Gasteiger partial charge is 0.367 e. The van der Waals surface area contributed by atoms with Gasteiger partial charge in [0.2, 0.25) is 0 Å². The Bertz CT molecular complexity index is 379. The van der Waals surface area contributed by atoms with E-state index >= 15 is 0 Å². The van der Waals surface area contributed by atoms with Crippen LogP contribution in [0.3, 0.4) is 0 Å². The van der Waals surface area contributed by atoms with Crippen molar-refractivity contribution in [3.8, 4) is 0 Å². The fraction of sp³-hybridized carbons (Fsp3) is 0.692. The van der Waals surface area contributed by atoms with E-state index in [-0.39, 0.29) is 0 Å². The van der Waals surface area contributed by atoms with Crippen LogP contribution in [0.4, 0.5) is 5.82 Å². The first-order valence-electron chi connectivity index (χ1n) is 6.37. The van der Waals surface area contributed by atoms with E-state index in [0.717, 1.165) is 25.1 Å². The van der Waals surface area contributed by atoms with Crippen LogP contribution in [0, 0.1) is 5.92 Å². The average molecular weight is 254 g/mol. The maximum atomic E-state index is 5.85. The first-order chi connectivity index (χ1) is 8.22. The van der Waals surface area contributed by atoms with Crippen molar-refractivity contribution in [1.29, 1.82) is 0 Å². The van der Waals surface area contributed by atoms with E-state index in [0.29, 0.717) is 17.8 Å². The molecule has 0 radical (unpaired) electrons. The van der Waals surface area contributed by atoms with Gasteiger partial charge in [0.25, 0.3) is 0 Å². The molecule has 0 bridgehead atoms. The van der Waals surface area contributed by atoms with Gasteiger partial charge in [-0.15, -0.1) is 11.6 Å². The smallest absolute Gasteiger partial charge is 0.133 e. The van der Waals surface area contributed by atoms with Gasteiger partial charge in [-0.2, -0.15) is 0 Å². The maximum Gasteiger partial charge on any atom is 0.133 e. The van der Waals surface area contributed by atoms with Crippen molar-refractivity contribution < 1.29 is 0 Å². The number of alkyl halides is 1. The van der Waals surface area contributed by atoms with Gasteiger partial charge < -0.3 is 5.32 Å². The van der Waals surface area contributed by atoms with E-state index in [1.807, 2.05) is 0 Å². The fourth-order valence-corrected chi connectivity index (χ4v) is 2.58. The fourth-order valence-electron chi connectivity index (χ4n) is 2.35. The lowest BCUT2D eigenvalue weighted by Crippen LogP contribution is -2.27. The Labute approximate surface area is 108 Å². The summed E-state index contributed by atoms with van der Waals surface area (Å²) in [6, 6.07) is 0.395. The molecule has 1 atom stereocenters. The lowest BCUT2D eigenvalue weighted by molar-refractivity contribution is 0.511. The molecular weight excluding hydrogens is 234 g/mol. The van der Waals surface area contributed by atoms with E-state index in [9.17, 15) is 0 Å². The number of hydrogen-bond acceptors (Lipinski definition) is 3. The predicted octanol–water partition coefficient (Wildman–Crippen LogP) is 3.03. The zero-order valence-electron chi connectivity index (χ0n) is 10.5. The number of nitrogens with one attached hydrogen (secondary N) is 1. The zero-order valence-corrected chi connectivity index (χ0v) is 11.3. The third-order valence-corrected chi connectivity index (χ3v) is 3.64. The quantitative estimate of drug-likeness (QED) is 0.820. The second-order valence-corrected chi connectivity index (χ2v) is 5.35. The van der Waals surface area contributed by atoms with Crippen molar-refractivity contribution in [2.75, 3.05) is 11.2 Å². The Balaban J connectivity index is 2.14. The molecule has 17 heavy (non-hydrogen) atoms. The minimum absolute atomic E-state index is 0.395. The van der Waals surface area contributed by atoms with Crippen molar-refractivity contribution >= 4 is 17.4 Å². The summed E-state index contributed by atoms with van der Waals surface area (Å²) < 4.78 is 0. The molecule has 0 amide bonds. The number of anilines is 1. The summed E-state index contributed by atoms with van der Waals surface area (Å²) in [7, 11) is 0. The molecule has 0 saturated heterocycles. The molecule has 1 aliphatic carbocycles. The van der Waals surface area contributed by atoms with Crippen LogP contribution >= 0.6 is 11.6 Å². The van der Waals surface area contributed by atoms with E-state index in [2.05, 4.69) is 29.1 Å². The highest BCUT2D eigenvalue weighted by molar-refractivity contribution is 6.17. The molecule has 1 N–H and O–H groups in total. The summed E-state index contributed by atoms with van der Waals surface area (Å²) in [5, 5.41) is 3.54. The lowest BCUT2D eigenvalue weighted by atomic mass is 10.0. The molecule has 1 aliphatic rings. The third-order valence-electron chi connectivity index (χ3n) is 3.42. The van der Waals surface area contributed by atoms with Gasteiger partial charge in [-0.3, -0.25) is 0 Å². The number of halogens is 1. The maximum absolute atomic E-state index is 5.85. The molecule has 4 heteroatoms. The summed E-state index contributed by atoms with van der Waals surface area (Å²) in [4.78, 5) is 8.73. The highest BCUT2D eigenvalue weighted by Crippen LogP contribution is 2.26. The van der Waals surface area contributed by atoms with Crippen LogP contribution in [0.25, 0.3) is 0 Å². The third kappa shape index (κ3) is 2.89. The van der Waals surface area contributed by atoms with E-state index in [1.54, 1.807) is 6.33 Å². The van der Waals surface area contributed by atoms with Gasteiger partial charge >= 0.3 is 0 Å². The zero-order chi connectivity index (χ0) is 12.3. The van der Waals surface area contributed by atoms with Gasteiger partial charge in [0.15, 0.2) is 0 Å². The Hall–Kier alpha value is -0.830. The van der Waals surface area contributed by atoms with Gasteiger partial charge in [0, 0.05) is 23.2 Å². The monoisotopic (exact) mass is 253 g/mol. The number of aryl methyl sites for hydroxylation is 1. The normalized spacial score (nSPS) is 16.0. The summed E-state index contributed by atoms with van der Waals surface area (Å²) in [5.41, 5.74) is 2.53. The number of nitrogens with zero attached hydrogens (tertiary/aromatic N) is 2. The van der Waals surface area contributed by atoms with Crippen molar-refractivity contribution in [3.05, 3.63) is 17.6 Å². The Morgan fingerprint density at radius 3 is 2.88 bits per heavy atom. The highest BCUT2D eigenvalue weighted by atomic mass is 35.5. The number of fused-ring (bicyclic) bond motifs is 1. The standard InChI is InChI=1S/C13H20ClN3/c1-9(2)11(6-7-14)17-13-10-4-3-5-12(10)15-8-16-13/h8-9,11H,3-7H2,1-2H3,(H,15,16,17). The SMILES string of the molecule is CC(C)C(CCCl)Nc1ncnc2c1CCC2. The molecule has 94 valence electrons. The molecule has 0 saturated carbocycles. The number of rotatable bonds is 5. The molecule has 0 fully saturated rings. The topological polar surface area (TPSA) is 37.8 Å². The summed E-state index contributed by atoms with van der Waals surface area (Å²) in [5.74, 6) is 2.26. The Morgan fingerprint density at radius 1 is 1.35 bits per heavy atom. The van der Waals surface area contributed by atoms with Gasteiger partial charge in [0.1, 0.15) is 12.1 Å². The second kappa shape index (κ2) is 5.67. The Kier molecular flexibility index (Phi) is 4.21. The van der Waals surface area contributed by atoms with Crippen LogP contribution in [-0.4, -0.2) is 21.9 Å². The molecule has 1 unspecified atom stereocenters. The van der Waals surface area contributed by atoms with Crippen molar-refractivity contribution in [2.45, 2.75) is 45.6 Å². The summed E-state index contributed by atoms with van der Waals surface area (Å²) in [6.07, 6.45) is 6.03. The Morgan fingerprint density at radius 2 is 2.18 bits per heavy atom. The van der Waals surface area contributed by atoms with Crippen LogP contribution < -0.4 is 5.32 Å². The molecule has 1 aromatic heterocycles. The van der Waals surface area contributed by atoms with Crippen LogP contribution in [0.5, 0.6) is 0 Å². The minimum Gasteiger partial charge on any atom is -0.367 e. The van der Waals surface area contributed by atoms with Gasteiger partial charge in [-0.05, 0) is 31.6 Å². The molecule has 0 aromatic carbocycles. The molecule has 2 rings (SSSR count). The van der Waals surface area contributed by atoms with Crippen LogP contribution in [0.1, 0.15) is 37.9 Å². The first kappa shape index (κ1) is 12.6. The lowest BCUT2D eigenvalue weighted by Gasteiger charge is -2.23. The van der Waals surface area contributed by atoms with Gasteiger partial charge in [-0.25, -0.2) is 9.97 Å². The molecule has 0 aliphatic heterocycles. The molecular formula is C13H20ClN3. The summed E-state index contributed by atoms with van der Waals surface area (Å²) in [6.45, 7) is 4.43.